The van der Waals surface area contributed by atoms with Gasteiger partial charge in [0.05, 0.1) is 6.61 Å². The van der Waals surface area contributed by atoms with Crippen molar-refractivity contribution < 1.29 is 9.15 Å². The SMILES string of the molecule is COCCc1nnc(-c2ccc(C(CC(N=O)c3ccnc(C)c3)c3ccccc3C)cc2)o1. The summed E-state index contributed by atoms with van der Waals surface area (Å²) in [5.41, 5.74) is 6.04. The molecule has 34 heavy (non-hydrogen) atoms. The van der Waals surface area contributed by atoms with Gasteiger partial charge in [-0.05, 0) is 66.8 Å². The zero-order valence-corrected chi connectivity index (χ0v) is 19.6. The number of pyridine rings is 1. The number of aryl methyl sites for hydroxylation is 2. The fourth-order valence-electron chi connectivity index (χ4n) is 4.18. The van der Waals surface area contributed by atoms with Crippen LogP contribution in [0.25, 0.3) is 11.5 Å². The average Bonchev–Trinajstić information content (AvgIpc) is 3.33. The van der Waals surface area contributed by atoms with E-state index in [0.717, 1.165) is 22.4 Å². The van der Waals surface area contributed by atoms with Crippen LogP contribution in [0.4, 0.5) is 0 Å². The molecule has 0 aliphatic carbocycles. The zero-order valence-electron chi connectivity index (χ0n) is 19.6. The van der Waals surface area contributed by atoms with Gasteiger partial charge in [0.25, 0.3) is 0 Å². The zero-order chi connectivity index (χ0) is 23.9. The summed E-state index contributed by atoms with van der Waals surface area (Å²) in [4.78, 5) is 16.2. The van der Waals surface area contributed by atoms with Crippen molar-refractivity contribution in [2.75, 3.05) is 13.7 Å². The first kappa shape index (κ1) is 23.4. The second-order valence-corrected chi connectivity index (χ2v) is 8.36. The van der Waals surface area contributed by atoms with E-state index >= 15 is 0 Å². The van der Waals surface area contributed by atoms with Crippen LogP contribution in [0.15, 0.2) is 76.5 Å². The van der Waals surface area contributed by atoms with E-state index in [9.17, 15) is 4.91 Å². The van der Waals surface area contributed by atoms with Crippen LogP contribution >= 0.6 is 0 Å². The molecule has 0 saturated heterocycles. The van der Waals surface area contributed by atoms with Gasteiger partial charge in [0.1, 0.15) is 6.04 Å². The second kappa shape index (κ2) is 10.9. The highest BCUT2D eigenvalue weighted by atomic mass is 16.5. The number of hydrogen-bond donors (Lipinski definition) is 0. The number of rotatable bonds is 10. The van der Waals surface area contributed by atoms with Crippen LogP contribution in [0.5, 0.6) is 0 Å². The van der Waals surface area contributed by atoms with Crippen LogP contribution in [-0.2, 0) is 11.2 Å². The Balaban J connectivity index is 1.65. The quantitative estimate of drug-likeness (QED) is 0.273. The molecule has 2 heterocycles. The van der Waals surface area contributed by atoms with Crippen molar-refractivity contribution in [1.82, 2.24) is 15.2 Å². The summed E-state index contributed by atoms with van der Waals surface area (Å²) in [5, 5.41) is 11.7. The first-order chi connectivity index (χ1) is 16.6. The van der Waals surface area contributed by atoms with E-state index in [2.05, 4.69) is 51.5 Å². The van der Waals surface area contributed by atoms with E-state index in [1.54, 1.807) is 13.3 Å². The van der Waals surface area contributed by atoms with Gasteiger partial charge < -0.3 is 9.15 Å². The summed E-state index contributed by atoms with van der Waals surface area (Å²) < 4.78 is 10.8. The van der Waals surface area contributed by atoms with E-state index in [4.69, 9.17) is 9.15 Å². The summed E-state index contributed by atoms with van der Waals surface area (Å²) in [6, 6.07) is 19.7. The van der Waals surface area contributed by atoms with Gasteiger partial charge in [0, 0.05) is 36.9 Å². The van der Waals surface area contributed by atoms with Crippen LogP contribution in [0, 0.1) is 18.8 Å². The average molecular weight is 457 g/mol. The van der Waals surface area contributed by atoms with Crippen molar-refractivity contribution in [1.29, 1.82) is 0 Å². The fraction of sp³-hybridized carbons (Fsp3) is 0.296. The molecule has 0 aliphatic rings. The summed E-state index contributed by atoms with van der Waals surface area (Å²) in [6.07, 6.45) is 2.86. The normalized spacial score (nSPS) is 12.9. The lowest BCUT2D eigenvalue weighted by Gasteiger charge is -2.23. The first-order valence-electron chi connectivity index (χ1n) is 11.3. The Kier molecular flexibility index (Phi) is 7.54. The molecule has 0 saturated carbocycles. The predicted octanol–water partition coefficient (Wildman–Crippen LogP) is 5.97. The molecule has 0 radical (unpaired) electrons. The Morgan fingerprint density at radius 1 is 1.00 bits per heavy atom. The number of nitroso groups, excluding NO2 is 1. The van der Waals surface area contributed by atoms with Crippen LogP contribution < -0.4 is 0 Å². The molecule has 0 spiro atoms. The number of hydrogen-bond acceptors (Lipinski definition) is 7. The van der Waals surface area contributed by atoms with Gasteiger partial charge in [-0.3, -0.25) is 4.98 Å². The van der Waals surface area contributed by atoms with Crippen LogP contribution in [0.2, 0.25) is 0 Å². The van der Waals surface area contributed by atoms with Gasteiger partial charge >= 0.3 is 0 Å². The standard InChI is InChI=1S/C27H28N4O3/c1-18-6-4-5-7-23(18)24(17-25(31-32)22-12-14-28-19(2)16-22)20-8-10-21(11-9-20)27-30-29-26(34-27)13-15-33-3/h4-12,14,16,24-25H,13,15,17H2,1-3H3. The molecule has 2 unspecified atom stereocenters. The topological polar surface area (TPSA) is 90.5 Å². The third-order valence-electron chi connectivity index (χ3n) is 6.00. The molecule has 2 atom stereocenters. The van der Waals surface area contributed by atoms with Crippen molar-refractivity contribution in [3.05, 3.63) is 106 Å². The molecule has 0 bridgehead atoms. The molecule has 4 aromatic rings. The molecule has 2 aromatic heterocycles. The molecule has 4 rings (SSSR count). The molecule has 0 aliphatic heterocycles. The minimum absolute atomic E-state index is 0.00799. The minimum atomic E-state index is -0.481. The largest absolute Gasteiger partial charge is 0.421 e. The Morgan fingerprint density at radius 2 is 1.79 bits per heavy atom. The minimum Gasteiger partial charge on any atom is -0.421 e. The molecule has 2 aromatic carbocycles. The molecule has 174 valence electrons. The molecule has 7 heteroatoms. The highest BCUT2D eigenvalue weighted by Crippen LogP contribution is 2.37. The molecular formula is C27H28N4O3. The van der Waals surface area contributed by atoms with Crippen molar-refractivity contribution in [3.63, 3.8) is 0 Å². The summed E-state index contributed by atoms with van der Waals surface area (Å²) in [5.74, 6) is 1.02. The van der Waals surface area contributed by atoms with Crippen LogP contribution in [-0.4, -0.2) is 28.9 Å². The highest BCUT2D eigenvalue weighted by molar-refractivity contribution is 5.54. The molecule has 0 amide bonds. The molecule has 0 N–H and O–H groups in total. The van der Waals surface area contributed by atoms with E-state index in [1.165, 1.54) is 11.1 Å². The van der Waals surface area contributed by atoms with Crippen molar-refractivity contribution in [3.8, 4) is 11.5 Å². The summed E-state index contributed by atoms with van der Waals surface area (Å²) >= 11 is 0. The van der Waals surface area contributed by atoms with E-state index < -0.39 is 6.04 Å². The number of ether oxygens (including phenoxy) is 1. The molecule has 7 nitrogen and oxygen atoms in total. The fourth-order valence-corrected chi connectivity index (χ4v) is 4.18. The third-order valence-corrected chi connectivity index (χ3v) is 6.00. The predicted molar refractivity (Wildman–Crippen MR) is 130 cm³/mol. The Hall–Kier alpha value is -3.71. The Morgan fingerprint density at radius 3 is 2.50 bits per heavy atom. The number of methoxy groups -OCH3 is 1. The lowest BCUT2D eigenvalue weighted by Crippen LogP contribution is -2.09. The van der Waals surface area contributed by atoms with E-state index in [0.29, 0.717) is 31.2 Å². The van der Waals surface area contributed by atoms with Gasteiger partial charge in [0.15, 0.2) is 0 Å². The number of aromatic nitrogens is 3. The van der Waals surface area contributed by atoms with Gasteiger partial charge in [0.2, 0.25) is 11.8 Å². The smallest absolute Gasteiger partial charge is 0.247 e. The maximum absolute atomic E-state index is 11.9. The van der Waals surface area contributed by atoms with E-state index in [1.807, 2.05) is 43.3 Å². The number of nitrogens with zero attached hydrogens (tertiary/aromatic N) is 4. The lowest BCUT2D eigenvalue weighted by molar-refractivity contribution is 0.195. The lowest BCUT2D eigenvalue weighted by atomic mass is 9.82. The van der Waals surface area contributed by atoms with Gasteiger partial charge in [-0.2, -0.15) is 4.91 Å². The van der Waals surface area contributed by atoms with Crippen molar-refractivity contribution in [2.24, 2.45) is 5.18 Å². The van der Waals surface area contributed by atoms with E-state index in [-0.39, 0.29) is 5.92 Å². The number of benzene rings is 2. The maximum atomic E-state index is 11.9. The molecule has 0 fully saturated rings. The second-order valence-electron chi connectivity index (χ2n) is 8.36. The maximum Gasteiger partial charge on any atom is 0.247 e. The monoisotopic (exact) mass is 456 g/mol. The van der Waals surface area contributed by atoms with Crippen LogP contribution in [0.1, 0.15) is 52.2 Å². The molecular weight excluding hydrogens is 428 g/mol. The van der Waals surface area contributed by atoms with Gasteiger partial charge in [-0.15, -0.1) is 10.2 Å². The highest BCUT2D eigenvalue weighted by Gasteiger charge is 2.24. The van der Waals surface area contributed by atoms with Gasteiger partial charge in [-0.25, -0.2) is 0 Å². The Labute approximate surface area is 199 Å². The van der Waals surface area contributed by atoms with Crippen molar-refractivity contribution in [2.45, 2.75) is 38.6 Å². The van der Waals surface area contributed by atoms with Crippen molar-refractivity contribution >= 4 is 0 Å². The Bertz CT molecular complexity index is 1240. The summed E-state index contributed by atoms with van der Waals surface area (Å²) in [6.45, 7) is 4.54. The van der Waals surface area contributed by atoms with Crippen LogP contribution in [0.3, 0.4) is 0 Å². The summed E-state index contributed by atoms with van der Waals surface area (Å²) in [7, 11) is 1.64. The first-order valence-corrected chi connectivity index (χ1v) is 11.3. The van der Waals surface area contributed by atoms with Gasteiger partial charge in [-0.1, -0.05) is 41.6 Å². The third kappa shape index (κ3) is 5.43.